The quantitative estimate of drug-likeness (QED) is 0.832. The number of carbonyl (C=O) groups is 1. The molecule has 0 atom stereocenters. The van der Waals surface area contributed by atoms with Crippen molar-refractivity contribution in [3.05, 3.63) is 52.8 Å². The molecule has 2 aromatic rings. The average molecular weight is 316 g/mol. The Bertz CT molecular complexity index is 671. The minimum atomic E-state index is -4.52. The van der Waals surface area contributed by atoms with Crippen molar-refractivity contribution < 1.29 is 18.0 Å². The van der Waals surface area contributed by atoms with Crippen LogP contribution in [0, 0.1) is 0 Å². The molecule has 1 aromatic carbocycles. The molecule has 0 aliphatic heterocycles. The number of nitrogen functional groups attached to an aromatic ring is 1. The van der Waals surface area contributed by atoms with Gasteiger partial charge in [0, 0.05) is 5.69 Å². The van der Waals surface area contributed by atoms with Gasteiger partial charge >= 0.3 is 6.18 Å². The summed E-state index contributed by atoms with van der Waals surface area (Å²) < 4.78 is 37.1. The van der Waals surface area contributed by atoms with E-state index in [1.807, 2.05) is 0 Å². The molecule has 0 aliphatic rings. The number of hydrogen-bond acceptors (Lipinski definition) is 3. The Balaban J connectivity index is 2.16. The zero-order valence-corrected chi connectivity index (χ0v) is 11.2. The topological polar surface area (TPSA) is 68.0 Å². The Kier molecular flexibility index (Phi) is 4.04. The lowest BCUT2D eigenvalue weighted by Gasteiger charge is -2.09. The van der Waals surface area contributed by atoms with E-state index in [-0.39, 0.29) is 16.3 Å². The highest BCUT2D eigenvalue weighted by atomic mass is 35.5. The van der Waals surface area contributed by atoms with E-state index in [0.717, 1.165) is 18.3 Å². The molecular weight excluding hydrogens is 307 g/mol. The second kappa shape index (κ2) is 5.61. The molecule has 8 heteroatoms. The molecule has 1 amide bonds. The molecule has 0 aliphatic carbocycles. The van der Waals surface area contributed by atoms with Gasteiger partial charge in [0.05, 0.1) is 22.5 Å². The van der Waals surface area contributed by atoms with Crippen LogP contribution in [-0.2, 0) is 6.18 Å². The molecule has 1 heterocycles. The predicted octanol–water partition coefficient (Wildman–Crippen LogP) is 3.59. The number of halogens is 4. The highest BCUT2D eigenvalue weighted by molar-refractivity contribution is 6.34. The van der Waals surface area contributed by atoms with Crippen molar-refractivity contribution in [3.63, 3.8) is 0 Å². The zero-order valence-electron chi connectivity index (χ0n) is 10.4. The van der Waals surface area contributed by atoms with Crippen LogP contribution in [0.2, 0.25) is 5.02 Å². The van der Waals surface area contributed by atoms with E-state index in [0.29, 0.717) is 5.69 Å². The first-order valence-corrected chi connectivity index (χ1v) is 6.05. The van der Waals surface area contributed by atoms with E-state index in [2.05, 4.69) is 10.3 Å². The van der Waals surface area contributed by atoms with Gasteiger partial charge in [-0.25, -0.2) is 4.98 Å². The lowest BCUT2D eigenvalue weighted by molar-refractivity contribution is -0.141. The van der Waals surface area contributed by atoms with Gasteiger partial charge in [-0.3, -0.25) is 4.79 Å². The van der Waals surface area contributed by atoms with Crippen LogP contribution in [0.15, 0.2) is 36.5 Å². The van der Waals surface area contributed by atoms with Crippen LogP contribution in [0.3, 0.4) is 0 Å². The fraction of sp³-hybridized carbons (Fsp3) is 0.0769. The van der Waals surface area contributed by atoms with Crippen LogP contribution in [-0.4, -0.2) is 10.9 Å². The number of nitrogens with two attached hydrogens (primary N) is 1. The van der Waals surface area contributed by atoms with E-state index >= 15 is 0 Å². The number of alkyl halides is 3. The molecule has 4 nitrogen and oxygen atoms in total. The number of pyridine rings is 1. The molecule has 1 aromatic heterocycles. The highest BCUT2D eigenvalue weighted by Gasteiger charge is 2.32. The summed E-state index contributed by atoms with van der Waals surface area (Å²) in [5.74, 6) is -0.568. The molecule has 0 fully saturated rings. The Morgan fingerprint density at radius 1 is 1.24 bits per heavy atom. The van der Waals surface area contributed by atoms with Crippen molar-refractivity contribution in [1.82, 2.24) is 4.98 Å². The largest absolute Gasteiger partial charge is 0.433 e. The summed E-state index contributed by atoms with van der Waals surface area (Å²) in [6.07, 6.45) is -3.60. The van der Waals surface area contributed by atoms with E-state index in [9.17, 15) is 18.0 Å². The van der Waals surface area contributed by atoms with Gasteiger partial charge in [0.15, 0.2) is 0 Å². The molecule has 0 saturated carbocycles. The van der Waals surface area contributed by atoms with Gasteiger partial charge in [-0.1, -0.05) is 11.6 Å². The summed E-state index contributed by atoms with van der Waals surface area (Å²) in [6.45, 7) is 0. The first kappa shape index (κ1) is 15.1. The number of anilines is 2. The smallest absolute Gasteiger partial charge is 0.399 e. The first-order chi connectivity index (χ1) is 9.77. The van der Waals surface area contributed by atoms with Crippen molar-refractivity contribution in [2.75, 3.05) is 11.1 Å². The standard InChI is InChI=1S/C13H9ClF3N3O/c14-10-5-7(18)1-3-9(10)12(21)20-8-2-4-11(19-6-8)13(15,16)17/h1-6H,18H2,(H,20,21). The van der Waals surface area contributed by atoms with Crippen molar-refractivity contribution in [2.24, 2.45) is 0 Å². The lowest BCUT2D eigenvalue weighted by atomic mass is 10.2. The third-order valence-electron chi connectivity index (χ3n) is 2.55. The second-order valence-corrected chi connectivity index (χ2v) is 4.53. The minimum absolute atomic E-state index is 0.126. The molecule has 0 radical (unpaired) electrons. The van der Waals surface area contributed by atoms with Gasteiger partial charge < -0.3 is 11.1 Å². The van der Waals surface area contributed by atoms with Crippen molar-refractivity contribution in [1.29, 1.82) is 0 Å². The van der Waals surface area contributed by atoms with Gasteiger partial charge in [0.1, 0.15) is 5.69 Å². The van der Waals surface area contributed by atoms with E-state index in [1.165, 1.54) is 18.2 Å². The summed E-state index contributed by atoms with van der Waals surface area (Å²) in [5.41, 5.74) is 5.15. The van der Waals surface area contributed by atoms with Crippen LogP contribution in [0.25, 0.3) is 0 Å². The van der Waals surface area contributed by atoms with Gasteiger partial charge in [0.2, 0.25) is 0 Å². The molecule has 0 unspecified atom stereocenters. The molecule has 0 bridgehead atoms. The summed E-state index contributed by atoms with van der Waals surface area (Å²) in [4.78, 5) is 15.2. The number of benzene rings is 1. The third kappa shape index (κ3) is 3.63. The SMILES string of the molecule is Nc1ccc(C(=O)Nc2ccc(C(F)(F)F)nc2)c(Cl)c1. The third-order valence-corrected chi connectivity index (χ3v) is 2.86. The molecule has 3 N–H and O–H groups in total. The Hall–Kier alpha value is -2.28. The number of carbonyl (C=O) groups excluding carboxylic acids is 1. The summed E-state index contributed by atoms with van der Waals surface area (Å²) in [5, 5.41) is 2.55. The van der Waals surface area contributed by atoms with Gasteiger partial charge in [-0.15, -0.1) is 0 Å². The van der Waals surface area contributed by atoms with Crippen molar-refractivity contribution in [3.8, 4) is 0 Å². The Labute approximate surface area is 122 Å². The maximum atomic E-state index is 12.4. The fourth-order valence-corrected chi connectivity index (χ4v) is 1.82. The lowest BCUT2D eigenvalue weighted by Crippen LogP contribution is -2.14. The monoisotopic (exact) mass is 315 g/mol. The summed E-state index contributed by atoms with van der Waals surface area (Å²) in [6, 6.07) is 6.21. The molecule has 110 valence electrons. The molecular formula is C13H9ClF3N3O. The second-order valence-electron chi connectivity index (χ2n) is 4.12. The van der Waals surface area contributed by atoms with Gasteiger partial charge in [-0.05, 0) is 30.3 Å². The fourth-order valence-electron chi connectivity index (χ4n) is 1.55. The van der Waals surface area contributed by atoms with Gasteiger partial charge in [0.25, 0.3) is 5.91 Å². The zero-order chi connectivity index (χ0) is 15.6. The van der Waals surface area contributed by atoms with Crippen LogP contribution in [0.4, 0.5) is 24.5 Å². The highest BCUT2D eigenvalue weighted by Crippen LogP contribution is 2.28. The Morgan fingerprint density at radius 3 is 2.48 bits per heavy atom. The van der Waals surface area contributed by atoms with E-state index in [4.69, 9.17) is 17.3 Å². The minimum Gasteiger partial charge on any atom is -0.399 e. The summed E-state index contributed by atoms with van der Waals surface area (Å²) >= 11 is 5.87. The van der Waals surface area contributed by atoms with E-state index < -0.39 is 17.8 Å². The predicted molar refractivity (Wildman–Crippen MR) is 73.1 cm³/mol. The number of rotatable bonds is 2. The van der Waals surface area contributed by atoms with Crippen molar-refractivity contribution in [2.45, 2.75) is 6.18 Å². The number of nitrogens with one attached hydrogen (secondary N) is 1. The molecule has 0 spiro atoms. The van der Waals surface area contributed by atoms with Crippen LogP contribution in [0.1, 0.15) is 16.1 Å². The maximum Gasteiger partial charge on any atom is 0.433 e. The average Bonchev–Trinajstić information content (AvgIpc) is 2.38. The van der Waals surface area contributed by atoms with Crippen LogP contribution in [0.5, 0.6) is 0 Å². The number of hydrogen-bond donors (Lipinski definition) is 2. The van der Waals surface area contributed by atoms with Crippen LogP contribution < -0.4 is 11.1 Å². The van der Waals surface area contributed by atoms with Gasteiger partial charge in [-0.2, -0.15) is 13.2 Å². The normalized spacial score (nSPS) is 11.2. The molecule has 21 heavy (non-hydrogen) atoms. The maximum absolute atomic E-state index is 12.4. The summed E-state index contributed by atoms with van der Waals surface area (Å²) in [7, 11) is 0. The number of aromatic nitrogens is 1. The molecule has 0 saturated heterocycles. The molecule has 2 rings (SSSR count). The van der Waals surface area contributed by atoms with E-state index in [1.54, 1.807) is 0 Å². The van der Waals surface area contributed by atoms with Crippen LogP contribution >= 0.6 is 11.6 Å². The first-order valence-electron chi connectivity index (χ1n) is 5.67. The van der Waals surface area contributed by atoms with Crippen molar-refractivity contribution >= 4 is 28.9 Å². The number of amides is 1. The number of nitrogens with zero attached hydrogens (tertiary/aromatic N) is 1. The Morgan fingerprint density at radius 2 is 1.95 bits per heavy atom.